The van der Waals surface area contributed by atoms with E-state index in [-0.39, 0.29) is 11.7 Å². The van der Waals surface area contributed by atoms with Crippen molar-refractivity contribution in [3.8, 4) is 11.3 Å². The number of anilines is 2. The molecule has 4 nitrogen and oxygen atoms in total. The first kappa shape index (κ1) is 17.3. The van der Waals surface area contributed by atoms with E-state index in [9.17, 15) is 9.18 Å². The first-order valence-electron chi connectivity index (χ1n) is 9.02. The van der Waals surface area contributed by atoms with E-state index in [4.69, 9.17) is 4.42 Å². The Morgan fingerprint density at radius 3 is 2.85 bits per heavy atom. The van der Waals surface area contributed by atoms with E-state index < -0.39 is 0 Å². The number of amides is 1. The second-order valence-electron chi connectivity index (χ2n) is 6.81. The van der Waals surface area contributed by atoms with E-state index in [1.807, 2.05) is 36.1 Å². The van der Waals surface area contributed by atoms with Crippen LogP contribution in [0.15, 0.2) is 52.9 Å². The van der Waals surface area contributed by atoms with Crippen molar-refractivity contribution < 1.29 is 13.6 Å². The molecule has 3 aromatic rings. The summed E-state index contributed by atoms with van der Waals surface area (Å²) in [6.45, 7) is 4.68. The fraction of sp³-hybridized carbons (Fsp3) is 0.227. The van der Waals surface area contributed by atoms with Crippen molar-refractivity contribution in [2.24, 2.45) is 0 Å². The molecule has 1 aromatic heterocycles. The molecule has 0 saturated carbocycles. The second-order valence-corrected chi connectivity index (χ2v) is 6.81. The minimum atomic E-state index is -0.252. The maximum absolute atomic E-state index is 13.3. The molecule has 27 heavy (non-hydrogen) atoms. The first-order valence-corrected chi connectivity index (χ1v) is 9.02. The molecule has 0 bridgehead atoms. The number of rotatable bonds is 4. The summed E-state index contributed by atoms with van der Waals surface area (Å²) in [5.41, 5.74) is 4.78. The fourth-order valence-corrected chi connectivity index (χ4v) is 3.62. The Hall–Kier alpha value is -3.08. The molecule has 1 aliphatic heterocycles. The van der Waals surface area contributed by atoms with Crippen LogP contribution in [0.3, 0.4) is 0 Å². The van der Waals surface area contributed by atoms with Crippen LogP contribution in [0.4, 0.5) is 15.8 Å². The van der Waals surface area contributed by atoms with Gasteiger partial charge in [-0.15, -0.1) is 0 Å². The topological polar surface area (TPSA) is 45.5 Å². The third-order valence-electron chi connectivity index (χ3n) is 4.94. The molecule has 2 aromatic carbocycles. The Morgan fingerprint density at radius 2 is 2.07 bits per heavy atom. The number of benzene rings is 2. The number of carbonyl (C=O) groups is 1. The molecule has 4 rings (SSSR count). The van der Waals surface area contributed by atoms with Gasteiger partial charge in [-0.3, -0.25) is 4.79 Å². The minimum absolute atomic E-state index is 0.0510. The molecule has 0 unspecified atom stereocenters. The Kier molecular flexibility index (Phi) is 4.44. The van der Waals surface area contributed by atoms with Crippen LogP contribution in [0.1, 0.15) is 23.8 Å². The summed E-state index contributed by atoms with van der Waals surface area (Å²) >= 11 is 0. The van der Waals surface area contributed by atoms with E-state index in [1.165, 1.54) is 17.7 Å². The molecule has 5 heteroatoms. The monoisotopic (exact) mass is 364 g/mol. The van der Waals surface area contributed by atoms with Gasteiger partial charge in [-0.25, -0.2) is 4.39 Å². The lowest BCUT2D eigenvalue weighted by molar-refractivity contribution is -0.116. The quantitative estimate of drug-likeness (QED) is 0.715. The van der Waals surface area contributed by atoms with Crippen LogP contribution in [0, 0.1) is 12.7 Å². The molecule has 1 amide bonds. The lowest BCUT2D eigenvalue weighted by Crippen LogP contribution is -2.26. The SMILES string of the molecule is CC(=O)N1CCc2cccc(NCc3ccc(-c4ccc(F)cc4C)o3)c21. The molecular weight excluding hydrogens is 343 g/mol. The number of hydrogen-bond acceptors (Lipinski definition) is 3. The summed E-state index contributed by atoms with van der Waals surface area (Å²) in [6.07, 6.45) is 0.874. The largest absolute Gasteiger partial charge is 0.459 e. The number of para-hydroxylation sites is 1. The molecule has 1 aliphatic rings. The van der Waals surface area contributed by atoms with Crippen LogP contribution < -0.4 is 10.2 Å². The third-order valence-corrected chi connectivity index (χ3v) is 4.94. The summed E-state index contributed by atoms with van der Waals surface area (Å²) in [4.78, 5) is 13.7. The van der Waals surface area contributed by atoms with E-state index in [2.05, 4.69) is 11.4 Å². The predicted molar refractivity (Wildman–Crippen MR) is 104 cm³/mol. The van der Waals surface area contributed by atoms with Crippen LogP contribution in [0.25, 0.3) is 11.3 Å². The summed E-state index contributed by atoms with van der Waals surface area (Å²) in [6, 6.07) is 14.5. The number of halogens is 1. The molecular formula is C22H21FN2O2. The summed E-state index contributed by atoms with van der Waals surface area (Å²) < 4.78 is 19.2. The van der Waals surface area contributed by atoms with Gasteiger partial charge in [0.15, 0.2) is 0 Å². The van der Waals surface area contributed by atoms with Gasteiger partial charge in [0.2, 0.25) is 5.91 Å². The molecule has 0 radical (unpaired) electrons. The van der Waals surface area contributed by atoms with Gasteiger partial charge in [-0.1, -0.05) is 12.1 Å². The van der Waals surface area contributed by atoms with Gasteiger partial charge in [0.1, 0.15) is 17.3 Å². The Morgan fingerprint density at radius 1 is 1.22 bits per heavy atom. The Balaban J connectivity index is 1.54. The summed E-state index contributed by atoms with van der Waals surface area (Å²) in [7, 11) is 0. The number of furan rings is 1. The summed E-state index contributed by atoms with van der Waals surface area (Å²) in [5, 5.41) is 3.39. The zero-order chi connectivity index (χ0) is 19.0. The number of hydrogen-bond donors (Lipinski definition) is 1. The number of aryl methyl sites for hydroxylation is 1. The molecule has 0 saturated heterocycles. The molecule has 0 aliphatic carbocycles. The highest BCUT2D eigenvalue weighted by Crippen LogP contribution is 2.36. The van der Waals surface area contributed by atoms with E-state index in [1.54, 1.807) is 13.0 Å². The normalized spacial score (nSPS) is 12.9. The fourth-order valence-electron chi connectivity index (χ4n) is 3.62. The molecule has 0 atom stereocenters. The number of carbonyl (C=O) groups excluding carboxylic acids is 1. The van der Waals surface area contributed by atoms with Crippen molar-refractivity contribution in [3.05, 3.63) is 71.2 Å². The van der Waals surface area contributed by atoms with Crippen LogP contribution in [0.2, 0.25) is 0 Å². The zero-order valence-corrected chi connectivity index (χ0v) is 15.4. The summed E-state index contributed by atoms with van der Waals surface area (Å²) in [5.74, 6) is 1.29. The van der Waals surface area contributed by atoms with Gasteiger partial charge in [0.25, 0.3) is 0 Å². The van der Waals surface area contributed by atoms with Gasteiger partial charge in [-0.05, 0) is 60.9 Å². The van der Waals surface area contributed by atoms with Gasteiger partial charge in [0, 0.05) is 19.0 Å². The molecule has 0 fully saturated rings. The van der Waals surface area contributed by atoms with Gasteiger partial charge in [-0.2, -0.15) is 0 Å². The zero-order valence-electron chi connectivity index (χ0n) is 15.4. The second kappa shape index (κ2) is 6.91. The van der Waals surface area contributed by atoms with Gasteiger partial charge >= 0.3 is 0 Å². The van der Waals surface area contributed by atoms with E-state index in [0.29, 0.717) is 12.3 Å². The Labute approximate surface area is 157 Å². The maximum atomic E-state index is 13.3. The number of nitrogens with zero attached hydrogens (tertiary/aromatic N) is 1. The highest BCUT2D eigenvalue weighted by molar-refractivity contribution is 5.97. The van der Waals surface area contributed by atoms with Gasteiger partial charge in [0.05, 0.1) is 17.9 Å². The Bertz CT molecular complexity index is 1010. The van der Waals surface area contributed by atoms with E-state index >= 15 is 0 Å². The lowest BCUT2D eigenvalue weighted by atomic mass is 10.1. The first-order chi connectivity index (χ1) is 13.0. The van der Waals surface area contributed by atoms with Crippen LogP contribution >= 0.6 is 0 Å². The van der Waals surface area contributed by atoms with Crippen LogP contribution in [-0.4, -0.2) is 12.5 Å². The van der Waals surface area contributed by atoms with Crippen molar-refractivity contribution in [1.29, 1.82) is 0 Å². The lowest BCUT2D eigenvalue weighted by Gasteiger charge is -2.19. The third kappa shape index (κ3) is 3.33. The van der Waals surface area contributed by atoms with Crippen molar-refractivity contribution in [2.45, 2.75) is 26.8 Å². The average Bonchev–Trinajstić information content (AvgIpc) is 3.27. The molecule has 138 valence electrons. The minimum Gasteiger partial charge on any atom is -0.459 e. The number of nitrogens with one attached hydrogen (secondary N) is 1. The standard InChI is InChI=1S/C22H21FN2O2/c1-14-12-17(23)6-8-19(14)21-9-7-18(27-21)13-24-20-5-3-4-16-10-11-25(15(2)26)22(16)20/h3-9,12,24H,10-11,13H2,1-2H3. The smallest absolute Gasteiger partial charge is 0.223 e. The highest BCUT2D eigenvalue weighted by Gasteiger charge is 2.25. The van der Waals surface area contributed by atoms with Gasteiger partial charge < -0.3 is 14.6 Å². The van der Waals surface area contributed by atoms with Crippen LogP contribution in [0.5, 0.6) is 0 Å². The van der Waals surface area contributed by atoms with Crippen molar-refractivity contribution in [3.63, 3.8) is 0 Å². The average molecular weight is 364 g/mol. The number of fused-ring (bicyclic) bond motifs is 1. The molecule has 0 spiro atoms. The molecule has 1 N–H and O–H groups in total. The predicted octanol–water partition coefficient (Wildman–Crippen LogP) is 4.92. The van der Waals surface area contributed by atoms with Crippen molar-refractivity contribution in [1.82, 2.24) is 0 Å². The van der Waals surface area contributed by atoms with E-state index in [0.717, 1.165) is 41.2 Å². The van der Waals surface area contributed by atoms with Crippen molar-refractivity contribution >= 4 is 17.3 Å². The molecule has 2 heterocycles. The van der Waals surface area contributed by atoms with Crippen molar-refractivity contribution in [2.75, 3.05) is 16.8 Å². The maximum Gasteiger partial charge on any atom is 0.223 e. The van der Waals surface area contributed by atoms with Crippen LogP contribution in [-0.2, 0) is 17.8 Å². The highest BCUT2D eigenvalue weighted by atomic mass is 19.1.